The summed E-state index contributed by atoms with van der Waals surface area (Å²) in [5, 5.41) is 59.9. The van der Waals surface area contributed by atoms with Crippen molar-refractivity contribution in [2.24, 2.45) is 29.4 Å². The number of hydrogen-bond acceptors (Lipinski definition) is 30. The van der Waals surface area contributed by atoms with E-state index < -0.39 is 279 Å². The first-order valence-corrected chi connectivity index (χ1v) is 45.7. The Kier molecular flexibility index (Phi) is 56.5. The number of ketones is 4. The zero-order valence-corrected chi connectivity index (χ0v) is 79.5. The second kappa shape index (κ2) is 64.6. The molecule has 0 saturated carbocycles. The predicted octanol–water partition coefficient (Wildman–Crippen LogP) is -1.58. The molecular weight excluding hydrogens is 1810 g/mol. The number of unbranched alkanes of at least 4 members (excludes halogenated alkanes) is 8. The molecule has 4 rings (SSSR count). The zero-order chi connectivity index (χ0) is 103. The van der Waals surface area contributed by atoms with Gasteiger partial charge in [-0.1, -0.05) is 108 Å². The molecule has 2 aromatic rings. The van der Waals surface area contributed by atoms with E-state index in [0.717, 1.165) is 56.6 Å². The van der Waals surface area contributed by atoms with Crippen LogP contribution in [0.25, 0.3) is 5.57 Å². The van der Waals surface area contributed by atoms with Crippen molar-refractivity contribution in [3.8, 4) is 0 Å². The maximum atomic E-state index is 15.1. The molecule has 0 bridgehead atoms. The molecule has 1 saturated heterocycles. The number of fused-ring (bicyclic) bond motifs is 1. The number of esters is 1. The van der Waals surface area contributed by atoms with E-state index in [1.54, 1.807) is 25.1 Å². The zero-order valence-electron chi connectivity index (χ0n) is 78.7. The molecule has 137 heavy (non-hydrogen) atoms. The number of aliphatic carboxylic acids is 2. The maximum Gasteiger partial charge on any atom is 0.373 e. The van der Waals surface area contributed by atoms with E-state index in [2.05, 4.69) is 83.4 Å². The number of aliphatic hydroxyl groups is 1. The van der Waals surface area contributed by atoms with Gasteiger partial charge in [0.25, 0.3) is 0 Å². The van der Waals surface area contributed by atoms with E-state index >= 15 is 14.4 Å². The number of nitrogens with one attached hydrogen (secondary N) is 12. The van der Waals surface area contributed by atoms with Crippen molar-refractivity contribution in [1.29, 1.82) is 0 Å². The standard InChI is InChI=1S/C89H132N16O25S.2CO2/c1-10-11-12-13-14-15-17-30-73(112)99-64(40-56-33-32-55-25-19-20-26-58(55)56)86(126)101-63(45-72(91)111)70(109)41-57(42-79(119)120)84(124)103-80-54(6)130-89(129)65(44-68(107)59-27-21-22-28-61(59)90)102-85(125)60(50(2)39-78(117)118)43-71(110)66(49-106)100-76(115)47-94-82(122)52(4)97-83(123)53(5)96-81(121)51(3)38-69(108)62(98-75(114)48-95-88(80)128)29-24-34-92-74(113)46-67(87(127)93-35-36-104(7)8)105(9)77(116)31-18-16-23-37-131;2*2-1-3/h19-22,25-28,33,50-54,57,60,62-67,80,106,131H,10-18,23-24,29-32,34-49,90H2,1-9H3,(H2,91,111)(H,92,113)(H,93,127)(H,94,122)(H,95,128)(H,96,121)(H,97,123)(H,98,114)(H,99,112)(H,100,115)(H,101,126)(H,102,125)(H,103,124)(H,117,118)(H,119,120);;/t50?,51-,52+,53-,54-,57+,60+,62+,63-,64+,65+,66-,67+,80+;;/m1../s1. The number of carbonyl (C=O) groups excluding carboxylic acids is 23. The number of cyclic esters (lactones) is 1. The van der Waals surface area contributed by atoms with Crippen LogP contribution in [0, 0.1) is 23.7 Å². The Hall–Kier alpha value is -13.3. The number of allylic oxidation sites excluding steroid dienone is 1. The number of hydrogen-bond donors (Lipinski definition) is 18. The van der Waals surface area contributed by atoms with E-state index in [1.807, 2.05) is 24.3 Å². The number of amides is 14. The molecule has 1 fully saturated rings. The molecule has 19 N–H and O–H groups in total. The third kappa shape index (κ3) is 45.7. The Morgan fingerprint density at radius 2 is 1.17 bits per heavy atom. The molecule has 0 radical (unpaired) electrons. The summed E-state index contributed by atoms with van der Waals surface area (Å²) in [6.45, 7) is 4.99. The molecule has 756 valence electrons. The van der Waals surface area contributed by atoms with Gasteiger partial charge in [-0.3, -0.25) is 95.9 Å². The monoisotopic (exact) mass is 1940 g/mol. The van der Waals surface area contributed by atoms with Gasteiger partial charge in [0.05, 0.1) is 57.0 Å². The van der Waals surface area contributed by atoms with Gasteiger partial charge < -0.3 is 105 Å². The number of Topliss-reactive ketones (excluding diaryl/α,β-unsaturated/α-hetero) is 4. The molecule has 14 amide bonds. The lowest BCUT2D eigenvalue weighted by Crippen LogP contribution is -2.57. The van der Waals surface area contributed by atoms with E-state index in [0.29, 0.717) is 50.0 Å². The lowest BCUT2D eigenvalue weighted by molar-refractivity contribution is -0.193. The summed E-state index contributed by atoms with van der Waals surface area (Å²) >= 11 is 4.22. The van der Waals surface area contributed by atoms with Crippen LogP contribution in [-0.2, 0) is 126 Å². The Bertz CT molecular complexity index is 4600. The predicted molar refractivity (Wildman–Crippen MR) is 490 cm³/mol. The van der Waals surface area contributed by atoms with Crippen LogP contribution in [0.5, 0.6) is 0 Å². The van der Waals surface area contributed by atoms with Gasteiger partial charge in [0.15, 0.2) is 23.1 Å². The molecule has 1 aliphatic heterocycles. The molecular formula is C91H132N16O29S. The van der Waals surface area contributed by atoms with Gasteiger partial charge >= 0.3 is 30.2 Å². The molecule has 1 unspecified atom stereocenters. The normalized spacial score (nSPS) is 19.9. The van der Waals surface area contributed by atoms with E-state index in [4.69, 9.17) is 35.4 Å². The highest BCUT2D eigenvalue weighted by Gasteiger charge is 2.42. The molecule has 2 aromatic carbocycles. The molecule has 14 atom stereocenters. The fourth-order valence-electron chi connectivity index (χ4n) is 14.5. The smallest absolute Gasteiger partial charge is 0.373 e. The molecule has 46 heteroatoms. The van der Waals surface area contributed by atoms with Crippen LogP contribution in [0.2, 0.25) is 0 Å². The number of primary amides is 1. The number of benzene rings is 2. The summed E-state index contributed by atoms with van der Waals surface area (Å²) in [5.74, 6) is -29.1. The Morgan fingerprint density at radius 1 is 0.591 bits per heavy atom. The van der Waals surface area contributed by atoms with Gasteiger partial charge in [-0.15, -0.1) is 0 Å². The van der Waals surface area contributed by atoms with Crippen molar-refractivity contribution in [2.75, 3.05) is 72.0 Å². The molecule has 2 aliphatic rings. The number of likely N-dealkylation sites (N-methyl/N-ethyl adjacent to an activating group) is 2. The second-order valence-electron chi connectivity index (χ2n) is 33.6. The number of ether oxygens (including phenoxy) is 1. The highest BCUT2D eigenvalue weighted by Crippen LogP contribution is 2.31. The number of carboxylic acids is 2. The molecule has 45 nitrogen and oxygen atoms in total. The number of anilines is 1. The second-order valence-corrected chi connectivity index (χ2v) is 34.1. The van der Waals surface area contributed by atoms with E-state index in [-0.39, 0.29) is 68.7 Å². The third-order valence-corrected chi connectivity index (χ3v) is 22.6. The molecule has 1 heterocycles. The summed E-state index contributed by atoms with van der Waals surface area (Å²) in [5.41, 5.74) is 13.8. The number of rotatable bonds is 45. The lowest BCUT2D eigenvalue weighted by Gasteiger charge is -2.29. The van der Waals surface area contributed by atoms with Crippen molar-refractivity contribution in [3.63, 3.8) is 0 Å². The van der Waals surface area contributed by atoms with Crippen molar-refractivity contribution in [1.82, 2.24) is 73.6 Å². The Morgan fingerprint density at radius 3 is 1.78 bits per heavy atom. The fraction of sp³-hybridized carbons (Fsp3) is 0.593. The summed E-state index contributed by atoms with van der Waals surface area (Å²) in [6, 6.07) is -2.99. The highest BCUT2D eigenvalue weighted by atomic mass is 32.1. The third-order valence-electron chi connectivity index (χ3n) is 22.3. The van der Waals surface area contributed by atoms with Crippen LogP contribution in [0.4, 0.5) is 5.69 Å². The molecule has 0 spiro atoms. The SMILES string of the molecule is CCCCCCCCCC(=O)N[C@@H](CC1=CCc2ccccc21)C(=O)N[C@H](CC(N)=O)C(=O)C[C@@H](CC(=O)O)C(=O)N[C@@H]1C(=O)NCC(=O)N[C@@H](CCCNC(=O)C[C@@H](C(=O)NCCN(C)C)N(C)C(=O)CCCCCS)C(=O)C[C@@H](C)C(=O)N[C@H](C)C(=O)N[C@@H](C)C(=O)NCC(=O)N[C@H](CO)C(=O)C[C@@H](C(C)CC(=O)O)C(=O)N[C@@H](CC(=O)c2ccccc2N)C(=O)O[C@@H]1C.O=C=O.O=C=O. The number of para-hydroxylation sites is 1. The van der Waals surface area contributed by atoms with Gasteiger partial charge in [0.2, 0.25) is 82.7 Å². The van der Waals surface area contributed by atoms with Gasteiger partial charge in [-0.05, 0) is 114 Å². The average molecular weight is 1950 g/mol. The maximum absolute atomic E-state index is 15.1. The van der Waals surface area contributed by atoms with Gasteiger partial charge in [-0.2, -0.15) is 31.8 Å². The van der Waals surface area contributed by atoms with Crippen LogP contribution in [0.1, 0.15) is 211 Å². The Labute approximate surface area is 798 Å². The number of carboxylic acid groups (broad SMARTS) is 2. The van der Waals surface area contributed by atoms with Crippen molar-refractivity contribution in [3.05, 3.63) is 71.3 Å². The number of aliphatic hydroxyl groups excluding tert-OH is 1. The van der Waals surface area contributed by atoms with E-state index in [9.17, 15) is 102 Å². The molecule has 1 aliphatic carbocycles. The van der Waals surface area contributed by atoms with Crippen molar-refractivity contribution < 1.29 is 140 Å². The average Bonchev–Trinajstić information content (AvgIpc) is 1.72. The van der Waals surface area contributed by atoms with Crippen molar-refractivity contribution in [2.45, 2.75) is 256 Å². The van der Waals surface area contributed by atoms with E-state index in [1.165, 1.54) is 63.9 Å². The van der Waals surface area contributed by atoms with Crippen LogP contribution in [-0.4, -0.2) is 288 Å². The first-order valence-electron chi connectivity index (χ1n) is 45.1. The Balaban J connectivity index is 0.0000103. The highest BCUT2D eigenvalue weighted by molar-refractivity contribution is 7.80. The van der Waals surface area contributed by atoms with Crippen LogP contribution in [0.3, 0.4) is 0 Å². The summed E-state index contributed by atoms with van der Waals surface area (Å²) in [6.07, 6.45) is 0.500. The van der Waals surface area contributed by atoms with Crippen molar-refractivity contribution >= 4 is 160 Å². The van der Waals surface area contributed by atoms with Crippen LogP contribution < -0.4 is 75.3 Å². The number of thiol groups is 1. The van der Waals surface area contributed by atoms with Gasteiger partial charge in [0, 0.05) is 101 Å². The largest absolute Gasteiger partial charge is 0.481 e. The summed E-state index contributed by atoms with van der Waals surface area (Å²) in [7, 11) is 4.93. The number of nitrogens with two attached hydrogens (primary N) is 2. The number of nitrogens with zero attached hydrogens (tertiary/aromatic N) is 2. The van der Waals surface area contributed by atoms with Crippen LogP contribution in [0.15, 0.2) is 54.6 Å². The minimum atomic E-state index is -2.38. The van der Waals surface area contributed by atoms with Gasteiger partial charge in [0.1, 0.15) is 48.4 Å². The van der Waals surface area contributed by atoms with Crippen LogP contribution >= 0.6 is 12.6 Å². The quantitative estimate of drug-likeness (QED) is 0.0117. The minimum Gasteiger partial charge on any atom is -0.481 e. The minimum absolute atomic E-state index is 0.0137. The first kappa shape index (κ1) is 120. The van der Waals surface area contributed by atoms with Gasteiger partial charge in [-0.25, -0.2) is 4.79 Å². The number of carbonyl (C=O) groups is 21. The topological polar surface area (TPSA) is 700 Å². The fourth-order valence-corrected chi connectivity index (χ4v) is 14.7. The first-order chi connectivity index (χ1) is 64.8. The summed E-state index contributed by atoms with van der Waals surface area (Å²) < 4.78 is 5.83. The molecule has 0 aromatic heterocycles. The summed E-state index contributed by atoms with van der Waals surface area (Å²) in [4.78, 5) is 329. The lowest BCUT2D eigenvalue weighted by atomic mass is 9.84. The number of nitrogen functional groups attached to an aromatic ring is 1.